The predicted octanol–water partition coefficient (Wildman–Crippen LogP) is 1.98. The maximum absolute atomic E-state index is 12.7. The molecule has 0 atom stereocenters. The highest BCUT2D eigenvalue weighted by Crippen LogP contribution is 1.99. The molecule has 0 aliphatic rings. The number of nitrogens with zero attached hydrogens (tertiary/aromatic N) is 1. The maximum atomic E-state index is 12.7. The summed E-state index contributed by atoms with van der Waals surface area (Å²) in [6.07, 6.45) is 2.25. The number of hydrogen-bond acceptors (Lipinski definition) is 1. The van der Waals surface area contributed by atoms with Crippen LogP contribution in [0.1, 0.15) is 19.0 Å². The van der Waals surface area contributed by atoms with Crippen LogP contribution in [0.5, 0.6) is 0 Å². The van der Waals surface area contributed by atoms with E-state index in [9.17, 15) is 4.39 Å². The van der Waals surface area contributed by atoms with E-state index < -0.39 is 0 Å². The second kappa shape index (κ2) is 3.72. The van der Waals surface area contributed by atoms with Crippen molar-refractivity contribution in [1.82, 2.24) is 4.98 Å². The van der Waals surface area contributed by atoms with Gasteiger partial charge in [-0.3, -0.25) is 0 Å². The molecule has 0 aliphatic carbocycles. The van der Waals surface area contributed by atoms with Crippen LogP contribution in [0, 0.1) is 17.7 Å². The molecule has 1 rings (SSSR count). The third kappa shape index (κ3) is 2.05. The molecule has 1 aromatic rings. The van der Waals surface area contributed by atoms with Gasteiger partial charge in [-0.1, -0.05) is 12.8 Å². The second-order valence-corrected chi connectivity index (χ2v) is 1.99. The molecule has 0 saturated carbocycles. The highest BCUT2D eigenvalue weighted by atomic mass is 19.1. The van der Waals surface area contributed by atoms with Gasteiger partial charge in [0.05, 0.1) is 0 Å². The first-order chi connectivity index (χ1) is 5.34. The molecule has 0 bridgehead atoms. The van der Waals surface area contributed by atoms with Crippen molar-refractivity contribution in [2.45, 2.75) is 13.3 Å². The van der Waals surface area contributed by atoms with Crippen molar-refractivity contribution >= 4 is 0 Å². The largest absolute Gasteiger partial charge is 0.245 e. The van der Waals surface area contributed by atoms with Crippen molar-refractivity contribution in [1.29, 1.82) is 0 Å². The second-order valence-electron chi connectivity index (χ2n) is 1.99. The molecule has 0 saturated heterocycles. The third-order valence-electron chi connectivity index (χ3n) is 1.14. The van der Waals surface area contributed by atoms with E-state index in [4.69, 9.17) is 0 Å². The van der Waals surface area contributed by atoms with Gasteiger partial charge >= 0.3 is 0 Å². The predicted molar refractivity (Wildman–Crippen MR) is 41.4 cm³/mol. The Morgan fingerprint density at radius 2 is 2.45 bits per heavy atom. The lowest BCUT2D eigenvalue weighted by Gasteiger charge is -1.89. The van der Waals surface area contributed by atoms with Gasteiger partial charge in [0, 0.05) is 12.6 Å². The molecule has 56 valence electrons. The topological polar surface area (TPSA) is 12.9 Å². The minimum Gasteiger partial charge on any atom is -0.245 e. The van der Waals surface area contributed by atoms with Crippen LogP contribution in [-0.4, -0.2) is 4.98 Å². The summed E-state index contributed by atoms with van der Waals surface area (Å²) in [6.45, 7) is 1.91. The van der Waals surface area contributed by atoms with Crippen molar-refractivity contribution in [2.24, 2.45) is 0 Å². The summed E-state index contributed by atoms with van der Waals surface area (Å²) < 4.78 is 12.7. The molecule has 1 aromatic heterocycles. The zero-order valence-corrected chi connectivity index (χ0v) is 6.26. The first-order valence-electron chi connectivity index (χ1n) is 3.44. The molecule has 0 unspecified atom stereocenters. The van der Waals surface area contributed by atoms with Gasteiger partial charge in [-0.25, -0.2) is 9.37 Å². The Hall–Kier alpha value is -1.36. The summed E-state index contributed by atoms with van der Waals surface area (Å²) in [5, 5.41) is 0. The summed E-state index contributed by atoms with van der Waals surface area (Å²) in [6, 6.07) is 2.90. The zero-order valence-electron chi connectivity index (χ0n) is 6.26. The molecule has 2 heteroatoms. The van der Waals surface area contributed by atoms with E-state index in [1.165, 1.54) is 12.3 Å². The van der Waals surface area contributed by atoms with Gasteiger partial charge in [-0.15, -0.1) is 0 Å². The van der Waals surface area contributed by atoms with Gasteiger partial charge in [0.15, 0.2) is 5.82 Å². The molecule has 0 fully saturated rings. The molecular weight excluding hydrogens is 141 g/mol. The van der Waals surface area contributed by atoms with E-state index in [1.54, 1.807) is 6.07 Å². The molecule has 0 aliphatic heterocycles. The molecular formula is C9H8FN. The summed E-state index contributed by atoms with van der Waals surface area (Å²) in [5.41, 5.74) is 0.231. The van der Waals surface area contributed by atoms with Crippen molar-refractivity contribution in [3.63, 3.8) is 0 Å². The lowest BCUT2D eigenvalue weighted by molar-refractivity contribution is 0.617. The number of aromatic nitrogens is 1. The molecule has 1 heterocycles. The van der Waals surface area contributed by atoms with Crippen LogP contribution in [0.25, 0.3) is 0 Å². The van der Waals surface area contributed by atoms with Gasteiger partial charge in [0.25, 0.3) is 0 Å². The average molecular weight is 149 g/mol. The first-order valence-corrected chi connectivity index (χ1v) is 3.44. The smallest absolute Gasteiger partial charge is 0.157 e. The normalized spacial score (nSPS) is 8.55. The summed E-state index contributed by atoms with van der Waals surface area (Å²) in [5.74, 6) is 5.03. The average Bonchev–Trinajstić information content (AvgIpc) is 2.03. The van der Waals surface area contributed by atoms with Gasteiger partial charge in [0.1, 0.15) is 5.69 Å². The fourth-order valence-corrected chi connectivity index (χ4v) is 0.650. The lowest BCUT2D eigenvalue weighted by Crippen LogP contribution is -1.86. The lowest BCUT2D eigenvalue weighted by atomic mass is 10.3. The highest BCUT2D eigenvalue weighted by molar-refractivity contribution is 5.27. The molecule has 0 N–H and O–H groups in total. The van der Waals surface area contributed by atoms with Gasteiger partial charge in [-0.2, -0.15) is 0 Å². The first kappa shape index (κ1) is 7.74. The van der Waals surface area contributed by atoms with Crippen LogP contribution in [0.4, 0.5) is 4.39 Å². The monoisotopic (exact) mass is 149 g/mol. The SMILES string of the molecule is CCC#Cc1ncccc1F. The fourth-order valence-electron chi connectivity index (χ4n) is 0.650. The van der Waals surface area contributed by atoms with E-state index in [2.05, 4.69) is 16.8 Å². The molecule has 0 spiro atoms. The minimum atomic E-state index is -0.353. The Morgan fingerprint density at radius 3 is 3.09 bits per heavy atom. The molecule has 11 heavy (non-hydrogen) atoms. The van der Waals surface area contributed by atoms with E-state index in [-0.39, 0.29) is 11.5 Å². The van der Waals surface area contributed by atoms with Crippen LogP contribution < -0.4 is 0 Å². The quantitative estimate of drug-likeness (QED) is 0.514. The number of halogens is 1. The number of hydrogen-bond donors (Lipinski definition) is 0. The van der Waals surface area contributed by atoms with Crippen molar-refractivity contribution in [3.8, 4) is 11.8 Å². The van der Waals surface area contributed by atoms with Crippen LogP contribution in [0.3, 0.4) is 0 Å². The minimum absolute atomic E-state index is 0.231. The molecule has 0 amide bonds. The third-order valence-corrected chi connectivity index (χ3v) is 1.14. The number of pyridine rings is 1. The molecule has 0 aromatic carbocycles. The van der Waals surface area contributed by atoms with E-state index >= 15 is 0 Å². The summed E-state index contributed by atoms with van der Waals surface area (Å²) in [7, 11) is 0. The maximum Gasteiger partial charge on any atom is 0.157 e. The Balaban J connectivity index is 2.95. The molecule has 0 radical (unpaired) electrons. The van der Waals surface area contributed by atoms with Crippen molar-refractivity contribution in [3.05, 3.63) is 29.8 Å². The fraction of sp³-hybridized carbons (Fsp3) is 0.222. The summed E-state index contributed by atoms with van der Waals surface area (Å²) in [4.78, 5) is 3.77. The van der Waals surface area contributed by atoms with Gasteiger partial charge in [0.2, 0.25) is 0 Å². The van der Waals surface area contributed by atoms with E-state index in [0.29, 0.717) is 0 Å². The zero-order chi connectivity index (χ0) is 8.10. The van der Waals surface area contributed by atoms with Crippen LogP contribution in [-0.2, 0) is 0 Å². The Morgan fingerprint density at radius 1 is 1.64 bits per heavy atom. The van der Waals surface area contributed by atoms with Crippen molar-refractivity contribution < 1.29 is 4.39 Å². The standard InChI is InChI=1S/C9H8FN/c1-2-3-6-9-8(10)5-4-7-11-9/h4-5,7H,2H2,1H3. The van der Waals surface area contributed by atoms with Gasteiger partial charge < -0.3 is 0 Å². The van der Waals surface area contributed by atoms with Crippen LogP contribution in [0.2, 0.25) is 0 Å². The van der Waals surface area contributed by atoms with Crippen LogP contribution in [0.15, 0.2) is 18.3 Å². The number of rotatable bonds is 0. The van der Waals surface area contributed by atoms with E-state index in [1.807, 2.05) is 6.92 Å². The molecule has 1 nitrogen and oxygen atoms in total. The van der Waals surface area contributed by atoms with Crippen molar-refractivity contribution in [2.75, 3.05) is 0 Å². The summed E-state index contributed by atoms with van der Waals surface area (Å²) >= 11 is 0. The Bertz CT molecular complexity index is 296. The Labute approximate surface area is 65.3 Å². The highest BCUT2D eigenvalue weighted by Gasteiger charge is 1.95. The Kier molecular flexibility index (Phi) is 2.62. The van der Waals surface area contributed by atoms with Gasteiger partial charge in [-0.05, 0) is 18.1 Å². The van der Waals surface area contributed by atoms with E-state index in [0.717, 1.165) is 6.42 Å². The van der Waals surface area contributed by atoms with Crippen LogP contribution >= 0.6 is 0 Å².